The Bertz CT molecular complexity index is 1660. The number of esters is 1. The number of hydrogen-bond donors (Lipinski definition) is 0. The number of methoxy groups -OCH3 is 2. The van der Waals surface area contributed by atoms with Gasteiger partial charge in [-0.2, -0.15) is 0 Å². The van der Waals surface area contributed by atoms with Crippen LogP contribution in [-0.2, 0) is 22.5 Å². The van der Waals surface area contributed by atoms with Crippen molar-refractivity contribution in [2.75, 3.05) is 14.2 Å². The van der Waals surface area contributed by atoms with Crippen LogP contribution in [0, 0.1) is 17.8 Å². The number of ether oxygens (including phenoxy) is 3. The number of unbranched alkanes of at least 4 members (excludes halogenated alkanes) is 2. The van der Waals surface area contributed by atoms with E-state index in [1.807, 2.05) is 36.4 Å². The highest BCUT2D eigenvalue weighted by Gasteiger charge is 2.26. The number of allylic oxidation sites excluding steroid dienone is 2. The maximum absolute atomic E-state index is 11.9. The summed E-state index contributed by atoms with van der Waals surface area (Å²) in [5, 5.41) is 0. The zero-order chi connectivity index (χ0) is 32.8. The molecule has 1 heterocycles. The van der Waals surface area contributed by atoms with E-state index in [0.717, 1.165) is 61.8 Å². The number of aryl methyl sites for hydroxylation is 1. The van der Waals surface area contributed by atoms with Gasteiger partial charge in [-0.15, -0.1) is 11.3 Å². The van der Waals surface area contributed by atoms with Gasteiger partial charge < -0.3 is 14.2 Å². The number of carbonyl (C=O) groups is 1. The van der Waals surface area contributed by atoms with Crippen LogP contribution in [0.15, 0.2) is 96.6 Å². The fourth-order valence-corrected chi connectivity index (χ4v) is 7.28. The van der Waals surface area contributed by atoms with Gasteiger partial charge in [-0.1, -0.05) is 92.6 Å². The Morgan fingerprint density at radius 1 is 0.894 bits per heavy atom. The lowest BCUT2D eigenvalue weighted by Gasteiger charge is -2.20. The Balaban J connectivity index is 1.34. The maximum Gasteiger partial charge on any atom is 0.348 e. The second kappa shape index (κ2) is 17.7. The number of rotatable bonds is 15. The van der Waals surface area contributed by atoms with E-state index >= 15 is 0 Å². The van der Waals surface area contributed by atoms with Gasteiger partial charge in [-0.05, 0) is 103 Å². The standard InChI is InChI=1S/C42H46O4S/c1-4-5-7-15-39(46-30-32-17-26-37(44-2)27-18-32)33-20-22-36(23-21-33)41-34(13-10-14-38-28-29-40(47-38)42(43)45-3)24-25-35(41)19-16-31-11-8-6-9-12-31/h6,8-9,11-12,17-18,20-23,26-29,34,39H,4-5,7,10,13-15,24-25,30H2,1-3H3. The average molecular weight is 647 g/mol. The monoisotopic (exact) mass is 646 g/mol. The minimum Gasteiger partial charge on any atom is -0.497 e. The fraction of sp³-hybridized carbons (Fsp3) is 0.357. The summed E-state index contributed by atoms with van der Waals surface area (Å²) in [4.78, 5) is 13.8. The van der Waals surface area contributed by atoms with Crippen molar-refractivity contribution < 1.29 is 19.0 Å². The minimum atomic E-state index is -0.258. The largest absolute Gasteiger partial charge is 0.497 e. The van der Waals surface area contributed by atoms with Gasteiger partial charge in [0.25, 0.3) is 0 Å². The Morgan fingerprint density at radius 2 is 1.68 bits per heavy atom. The third-order valence-electron chi connectivity index (χ3n) is 8.91. The third kappa shape index (κ3) is 9.70. The van der Waals surface area contributed by atoms with Crippen LogP contribution in [0.3, 0.4) is 0 Å². The zero-order valence-electron chi connectivity index (χ0n) is 27.9. The molecule has 3 aromatic carbocycles. The molecule has 1 aliphatic rings. The molecule has 1 aliphatic carbocycles. The van der Waals surface area contributed by atoms with E-state index in [-0.39, 0.29) is 12.1 Å². The van der Waals surface area contributed by atoms with Crippen LogP contribution in [-0.4, -0.2) is 20.2 Å². The molecule has 0 saturated carbocycles. The molecule has 0 fully saturated rings. The van der Waals surface area contributed by atoms with Crippen molar-refractivity contribution in [1.82, 2.24) is 0 Å². The van der Waals surface area contributed by atoms with Crippen molar-refractivity contribution in [2.24, 2.45) is 5.92 Å². The normalized spacial score (nSPS) is 14.8. The number of carbonyl (C=O) groups excluding carboxylic acids is 1. The Labute approximate surface area is 284 Å². The second-order valence-electron chi connectivity index (χ2n) is 12.2. The lowest BCUT2D eigenvalue weighted by molar-refractivity contribution is 0.0322. The minimum absolute atomic E-state index is 0.0454. The van der Waals surface area contributed by atoms with Gasteiger partial charge >= 0.3 is 5.97 Å². The molecule has 4 nitrogen and oxygen atoms in total. The van der Waals surface area contributed by atoms with Crippen LogP contribution in [0.2, 0.25) is 0 Å². The van der Waals surface area contributed by atoms with Crippen LogP contribution in [0.4, 0.5) is 0 Å². The predicted molar refractivity (Wildman–Crippen MR) is 193 cm³/mol. The molecule has 1 aromatic heterocycles. The molecule has 0 saturated heterocycles. The molecule has 0 N–H and O–H groups in total. The van der Waals surface area contributed by atoms with E-state index in [2.05, 4.69) is 73.4 Å². The highest BCUT2D eigenvalue weighted by Crippen LogP contribution is 2.42. The van der Waals surface area contributed by atoms with Crippen LogP contribution in [0.1, 0.15) is 101 Å². The molecule has 5 heteroatoms. The third-order valence-corrected chi connectivity index (χ3v) is 10.0. The maximum atomic E-state index is 11.9. The summed E-state index contributed by atoms with van der Waals surface area (Å²) >= 11 is 1.54. The first-order valence-electron chi connectivity index (χ1n) is 16.9. The summed E-state index contributed by atoms with van der Waals surface area (Å²) < 4.78 is 16.8. The topological polar surface area (TPSA) is 44.8 Å². The summed E-state index contributed by atoms with van der Waals surface area (Å²) in [5.74, 6) is 8.05. The van der Waals surface area contributed by atoms with E-state index < -0.39 is 0 Å². The first-order chi connectivity index (χ1) is 23.1. The van der Waals surface area contributed by atoms with Gasteiger partial charge in [-0.25, -0.2) is 4.79 Å². The van der Waals surface area contributed by atoms with E-state index in [0.29, 0.717) is 17.4 Å². The first kappa shape index (κ1) is 34.2. The van der Waals surface area contributed by atoms with Crippen molar-refractivity contribution in [1.29, 1.82) is 0 Å². The SMILES string of the molecule is CCCCCC(OCc1ccc(OC)cc1)c1ccc(C2=C(C#Cc3ccccc3)CCC2CCCc2ccc(C(=O)OC)s2)cc1. The van der Waals surface area contributed by atoms with E-state index in [9.17, 15) is 4.79 Å². The quantitative estimate of drug-likeness (QED) is 0.0732. The smallest absolute Gasteiger partial charge is 0.348 e. The molecule has 0 radical (unpaired) electrons. The average Bonchev–Trinajstić information content (AvgIpc) is 3.76. The summed E-state index contributed by atoms with van der Waals surface area (Å²) in [6.45, 7) is 2.81. The lowest BCUT2D eigenvalue weighted by Crippen LogP contribution is -2.06. The van der Waals surface area contributed by atoms with Crippen LogP contribution in [0.25, 0.3) is 5.57 Å². The highest BCUT2D eigenvalue weighted by atomic mass is 32.1. The van der Waals surface area contributed by atoms with Crippen LogP contribution >= 0.6 is 11.3 Å². The van der Waals surface area contributed by atoms with Gasteiger partial charge in [0.05, 0.1) is 26.9 Å². The second-order valence-corrected chi connectivity index (χ2v) is 13.3. The van der Waals surface area contributed by atoms with Gasteiger partial charge in [0.1, 0.15) is 10.6 Å². The van der Waals surface area contributed by atoms with Crippen molar-refractivity contribution >= 4 is 22.9 Å². The van der Waals surface area contributed by atoms with Gasteiger partial charge in [0.2, 0.25) is 0 Å². The predicted octanol–water partition coefficient (Wildman–Crippen LogP) is 10.6. The fourth-order valence-electron chi connectivity index (χ4n) is 6.31. The molecule has 244 valence electrons. The molecule has 0 amide bonds. The molecule has 0 bridgehead atoms. The van der Waals surface area contributed by atoms with E-state index in [1.54, 1.807) is 18.4 Å². The lowest BCUT2D eigenvalue weighted by atomic mass is 9.88. The Kier molecular flexibility index (Phi) is 12.9. The Morgan fingerprint density at radius 3 is 2.40 bits per heavy atom. The molecule has 0 aliphatic heterocycles. The molecule has 47 heavy (non-hydrogen) atoms. The molecular formula is C42H46O4S. The van der Waals surface area contributed by atoms with Crippen molar-refractivity contribution in [3.63, 3.8) is 0 Å². The van der Waals surface area contributed by atoms with Gasteiger partial charge in [-0.3, -0.25) is 0 Å². The molecule has 2 atom stereocenters. The van der Waals surface area contributed by atoms with Crippen molar-refractivity contribution in [2.45, 2.75) is 77.4 Å². The van der Waals surface area contributed by atoms with E-state index in [1.165, 1.54) is 47.1 Å². The Hall–Kier alpha value is -4.11. The molecule has 5 rings (SSSR count). The summed E-state index contributed by atoms with van der Waals surface area (Å²) in [6.07, 6.45) is 9.79. The molecule has 0 spiro atoms. The van der Waals surface area contributed by atoms with Gasteiger partial charge in [0.15, 0.2) is 0 Å². The first-order valence-corrected chi connectivity index (χ1v) is 17.7. The summed E-state index contributed by atoms with van der Waals surface area (Å²) in [6, 6.07) is 31.4. The molecular weight excluding hydrogens is 601 g/mol. The summed E-state index contributed by atoms with van der Waals surface area (Å²) in [7, 11) is 3.12. The van der Waals surface area contributed by atoms with E-state index in [4.69, 9.17) is 14.2 Å². The van der Waals surface area contributed by atoms with Crippen LogP contribution in [0.5, 0.6) is 5.75 Å². The number of hydrogen-bond acceptors (Lipinski definition) is 5. The molecule has 4 aromatic rings. The summed E-state index contributed by atoms with van der Waals surface area (Å²) in [5.41, 5.74) is 7.33. The van der Waals surface area contributed by atoms with Crippen molar-refractivity contribution in [3.8, 4) is 17.6 Å². The number of benzene rings is 3. The number of thiophene rings is 1. The van der Waals surface area contributed by atoms with Gasteiger partial charge in [0, 0.05) is 16.0 Å². The zero-order valence-corrected chi connectivity index (χ0v) is 28.7. The van der Waals surface area contributed by atoms with Crippen molar-refractivity contribution in [3.05, 3.63) is 129 Å². The van der Waals surface area contributed by atoms with Crippen LogP contribution < -0.4 is 4.74 Å². The molecule has 2 unspecified atom stereocenters. The highest BCUT2D eigenvalue weighted by molar-refractivity contribution is 7.13.